The third kappa shape index (κ3) is 2.67. The quantitative estimate of drug-likeness (QED) is 0.510. The van der Waals surface area contributed by atoms with Crippen molar-refractivity contribution in [2.75, 3.05) is 0 Å². The van der Waals surface area contributed by atoms with Crippen LogP contribution in [0, 0.1) is 11.8 Å². The fraction of sp³-hybridized carbons (Fsp3) is 0.600. The third-order valence-electron chi connectivity index (χ3n) is 4.78. The van der Waals surface area contributed by atoms with E-state index in [4.69, 9.17) is 9.47 Å². The molecule has 2 aliphatic carbocycles. The van der Waals surface area contributed by atoms with Gasteiger partial charge in [-0.05, 0) is 61.9 Å². The highest BCUT2D eigenvalue weighted by Crippen LogP contribution is 2.61. The summed E-state index contributed by atoms with van der Waals surface area (Å²) in [5, 5.41) is 1.30. The molecule has 2 fully saturated rings. The topological polar surface area (TPSA) is 18.5 Å². The van der Waals surface area contributed by atoms with Gasteiger partial charge in [0.25, 0.3) is 0 Å². The molecule has 0 bridgehead atoms. The summed E-state index contributed by atoms with van der Waals surface area (Å²) < 4.78 is 12.7. The van der Waals surface area contributed by atoms with Crippen LogP contribution in [-0.2, 0) is 9.47 Å². The van der Waals surface area contributed by atoms with Gasteiger partial charge in [-0.3, -0.25) is 0 Å². The van der Waals surface area contributed by atoms with Crippen LogP contribution in [0.2, 0.25) is 19.6 Å². The van der Waals surface area contributed by atoms with E-state index in [9.17, 15) is 0 Å². The minimum atomic E-state index is -1.58. The average Bonchev–Trinajstić information content (AvgIpc) is 2.60. The maximum atomic E-state index is 6.38. The smallest absolute Gasteiger partial charge is 0.165 e. The van der Waals surface area contributed by atoms with E-state index in [1.54, 1.807) is 0 Å². The largest absolute Gasteiger partial charge is 0.339 e. The molecule has 2 atom stereocenters. The summed E-state index contributed by atoms with van der Waals surface area (Å²) in [4.78, 5) is 0. The molecule has 1 heterocycles. The Kier molecular flexibility index (Phi) is 3.80. The van der Waals surface area contributed by atoms with Gasteiger partial charge in [-0.25, -0.2) is 0 Å². The molecule has 3 heteroatoms. The molecule has 0 aromatic carbocycles. The maximum absolute atomic E-state index is 6.38. The SMILES string of the molecule is C=C(C)C#C/C(=C1\C2=CCCC[C@@]23OC(C)(C)O[C@@H]13)[Si](C)(C)C. The van der Waals surface area contributed by atoms with Gasteiger partial charge in [0.2, 0.25) is 0 Å². The predicted molar refractivity (Wildman–Crippen MR) is 97.7 cm³/mol. The molecule has 0 unspecified atom stereocenters. The molecular formula is C20H28O2Si. The number of rotatable bonds is 1. The van der Waals surface area contributed by atoms with Crippen LogP contribution >= 0.6 is 0 Å². The van der Waals surface area contributed by atoms with E-state index in [0.717, 1.165) is 18.4 Å². The van der Waals surface area contributed by atoms with Crippen LogP contribution in [0.4, 0.5) is 0 Å². The first-order valence-corrected chi connectivity index (χ1v) is 12.1. The van der Waals surface area contributed by atoms with Crippen LogP contribution in [-0.4, -0.2) is 25.6 Å². The van der Waals surface area contributed by atoms with E-state index in [2.05, 4.69) is 44.1 Å². The molecule has 23 heavy (non-hydrogen) atoms. The van der Waals surface area contributed by atoms with Crippen LogP contribution < -0.4 is 0 Å². The summed E-state index contributed by atoms with van der Waals surface area (Å²) in [6.45, 7) is 17.0. The van der Waals surface area contributed by atoms with Crippen molar-refractivity contribution in [1.82, 2.24) is 0 Å². The Bertz CT molecular complexity index is 679. The molecule has 1 saturated heterocycles. The normalized spacial score (nSPS) is 33.5. The molecular weight excluding hydrogens is 300 g/mol. The Balaban J connectivity index is 2.16. The highest BCUT2D eigenvalue weighted by molar-refractivity contribution is 6.84. The summed E-state index contributed by atoms with van der Waals surface area (Å²) in [5.74, 6) is 6.13. The third-order valence-corrected chi connectivity index (χ3v) is 6.68. The first-order valence-electron chi connectivity index (χ1n) is 8.58. The van der Waals surface area contributed by atoms with E-state index in [1.807, 2.05) is 20.8 Å². The van der Waals surface area contributed by atoms with Gasteiger partial charge in [-0.15, -0.1) is 0 Å². The lowest BCUT2D eigenvalue weighted by atomic mass is 9.62. The molecule has 0 aromatic heterocycles. The lowest BCUT2D eigenvalue weighted by Gasteiger charge is -2.50. The Morgan fingerprint density at radius 3 is 2.61 bits per heavy atom. The summed E-state index contributed by atoms with van der Waals surface area (Å²) in [6.07, 6.45) is 5.77. The Hall–Kier alpha value is -1.08. The summed E-state index contributed by atoms with van der Waals surface area (Å²) in [7, 11) is -1.58. The van der Waals surface area contributed by atoms with E-state index in [0.29, 0.717) is 0 Å². The van der Waals surface area contributed by atoms with Gasteiger partial charge in [-0.2, -0.15) is 0 Å². The van der Waals surface area contributed by atoms with Crippen molar-refractivity contribution in [3.8, 4) is 11.8 Å². The minimum Gasteiger partial charge on any atom is -0.339 e. The van der Waals surface area contributed by atoms with Gasteiger partial charge < -0.3 is 9.47 Å². The van der Waals surface area contributed by atoms with Gasteiger partial charge in [0, 0.05) is 0 Å². The molecule has 1 aliphatic heterocycles. The van der Waals surface area contributed by atoms with Gasteiger partial charge in [-0.1, -0.05) is 44.1 Å². The van der Waals surface area contributed by atoms with Gasteiger partial charge in [0.1, 0.15) is 11.7 Å². The van der Waals surface area contributed by atoms with Crippen molar-refractivity contribution in [2.45, 2.75) is 77.2 Å². The molecule has 2 nitrogen and oxygen atoms in total. The lowest BCUT2D eigenvalue weighted by molar-refractivity contribution is -0.153. The van der Waals surface area contributed by atoms with Gasteiger partial charge in [0.05, 0.1) is 8.07 Å². The van der Waals surface area contributed by atoms with Crippen LogP contribution in [0.25, 0.3) is 0 Å². The van der Waals surface area contributed by atoms with Crippen molar-refractivity contribution < 1.29 is 9.47 Å². The summed E-state index contributed by atoms with van der Waals surface area (Å²) >= 11 is 0. The van der Waals surface area contributed by atoms with E-state index in [-0.39, 0.29) is 11.7 Å². The highest BCUT2D eigenvalue weighted by Gasteiger charge is 2.66. The van der Waals surface area contributed by atoms with Crippen molar-refractivity contribution in [2.24, 2.45) is 0 Å². The summed E-state index contributed by atoms with van der Waals surface area (Å²) in [5.41, 5.74) is 3.37. The second kappa shape index (κ2) is 5.21. The first kappa shape index (κ1) is 16.8. The van der Waals surface area contributed by atoms with Crippen LogP contribution in [0.15, 0.2) is 34.6 Å². The second-order valence-electron chi connectivity index (χ2n) is 8.47. The van der Waals surface area contributed by atoms with Gasteiger partial charge in [0.15, 0.2) is 5.79 Å². The maximum Gasteiger partial charge on any atom is 0.165 e. The Morgan fingerprint density at radius 1 is 1.30 bits per heavy atom. The second-order valence-corrected chi connectivity index (χ2v) is 13.5. The fourth-order valence-corrected chi connectivity index (χ4v) is 5.49. The summed E-state index contributed by atoms with van der Waals surface area (Å²) in [6, 6.07) is 0. The van der Waals surface area contributed by atoms with Gasteiger partial charge >= 0.3 is 0 Å². The molecule has 1 saturated carbocycles. The predicted octanol–water partition coefficient (Wildman–Crippen LogP) is 4.75. The monoisotopic (exact) mass is 328 g/mol. The average molecular weight is 329 g/mol. The zero-order valence-corrected chi connectivity index (χ0v) is 16.3. The molecule has 0 amide bonds. The van der Waals surface area contributed by atoms with E-state index >= 15 is 0 Å². The Morgan fingerprint density at radius 2 is 2.00 bits per heavy atom. The fourth-order valence-electron chi connectivity index (χ4n) is 3.98. The molecule has 3 aliphatic rings. The number of hydrogen-bond acceptors (Lipinski definition) is 2. The molecule has 3 rings (SSSR count). The molecule has 124 valence electrons. The number of ether oxygens (including phenoxy) is 2. The van der Waals surface area contributed by atoms with Crippen molar-refractivity contribution in [3.05, 3.63) is 34.6 Å². The molecule has 0 radical (unpaired) electrons. The first-order chi connectivity index (χ1) is 10.6. The van der Waals surface area contributed by atoms with Crippen LogP contribution in [0.5, 0.6) is 0 Å². The number of hydrogen-bond donors (Lipinski definition) is 0. The molecule has 0 aromatic rings. The highest BCUT2D eigenvalue weighted by atomic mass is 28.3. The Labute approximate surface area is 141 Å². The van der Waals surface area contributed by atoms with Crippen molar-refractivity contribution in [1.29, 1.82) is 0 Å². The van der Waals surface area contributed by atoms with Crippen molar-refractivity contribution >= 4 is 8.07 Å². The van der Waals surface area contributed by atoms with E-state index in [1.165, 1.54) is 22.8 Å². The molecule has 0 N–H and O–H groups in total. The zero-order chi connectivity index (χ0) is 17.0. The van der Waals surface area contributed by atoms with E-state index < -0.39 is 13.9 Å². The van der Waals surface area contributed by atoms with Crippen molar-refractivity contribution in [3.63, 3.8) is 0 Å². The lowest BCUT2D eigenvalue weighted by Crippen LogP contribution is -2.56. The number of allylic oxidation sites excluding steroid dienone is 3. The minimum absolute atomic E-state index is 0.0465. The zero-order valence-electron chi connectivity index (χ0n) is 15.3. The standard InChI is InChI=1S/C20H28O2Si/c1-14(2)11-12-16(23(5,6)7)17-15-10-8-9-13-20(15)18(17)21-19(3,4)22-20/h10,18H,1,8-9,13H2,2-7H3/b17-16-/t18-,20+/m0/s1. The molecule has 1 spiro atoms. The van der Waals surface area contributed by atoms with Crippen LogP contribution in [0.1, 0.15) is 40.0 Å². The van der Waals surface area contributed by atoms with Crippen LogP contribution in [0.3, 0.4) is 0 Å².